The van der Waals surface area contributed by atoms with Crippen molar-refractivity contribution in [2.45, 2.75) is 31.1 Å². The van der Waals surface area contributed by atoms with Crippen molar-refractivity contribution in [2.24, 2.45) is 0 Å². The Labute approximate surface area is 155 Å². The van der Waals surface area contributed by atoms with Crippen LogP contribution in [0.4, 0.5) is 0 Å². The molecule has 0 heterocycles. The maximum absolute atomic E-state index is 4.77. The van der Waals surface area contributed by atoms with Gasteiger partial charge in [-0.3, -0.25) is 0 Å². The first-order valence-electron chi connectivity index (χ1n) is 7.66. The molecule has 0 aliphatic carbocycles. The number of aryl methyl sites for hydroxylation is 1. The van der Waals surface area contributed by atoms with Crippen molar-refractivity contribution >= 4 is 59.8 Å². The van der Waals surface area contributed by atoms with Crippen molar-refractivity contribution in [1.82, 2.24) is 0 Å². The minimum atomic E-state index is -0.451. The van der Waals surface area contributed by atoms with Crippen LogP contribution in [-0.4, -0.2) is 21.1 Å². The number of benzene rings is 2. The maximum atomic E-state index is 4.77. The molecule has 2 rings (SSSR count). The van der Waals surface area contributed by atoms with Crippen LogP contribution in [0.5, 0.6) is 0 Å². The summed E-state index contributed by atoms with van der Waals surface area (Å²) in [4.78, 5) is 1.92. The van der Waals surface area contributed by atoms with Crippen LogP contribution in [-0.2, 0) is 0 Å². The van der Waals surface area contributed by atoms with E-state index >= 15 is 0 Å². The molecule has 0 atom stereocenters. The second-order valence-electron chi connectivity index (χ2n) is 5.37. The average molecular weight is 433 g/mol. The number of rotatable bonds is 6. The van der Waals surface area contributed by atoms with Gasteiger partial charge in [-0.05, 0) is 0 Å². The van der Waals surface area contributed by atoms with Gasteiger partial charge in [0.1, 0.15) is 0 Å². The minimum absolute atomic E-state index is 0.451. The fraction of sp³-hybridized carbons (Fsp3) is 0.263. The molecule has 22 heavy (non-hydrogen) atoms. The van der Waals surface area contributed by atoms with E-state index in [9.17, 15) is 0 Å². The van der Waals surface area contributed by atoms with E-state index < -0.39 is 21.1 Å². The third-order valence-corrected chi connectivity index (χ3v) is 8.52. The van der Waals surface area contributed by atoms with E-state index in [1.165, 1.54) is 28.4 Å². The molecule has 2 radical (unpaired) electrons. The van der Waals surface area contributed by atoms with Crippen LogP contribution in [0.1, 0.15) is 36.5 Å². The van der Waals surface area contributed by atoms with Gasteiger partial charge in [-0.25, -0.2) is 0 Å². The molecule has 0 aliphatic rings. The topological polar surface area (TPSA) is 0 Å². The summed E-state index contributed by atoms with van der Waals surface area (Å²) >= 11 is 9.03. The van der Waals surface area contributed by atoms with E-state index in [2.05, 4.69) is 44.2 Å². The molecule has 0 aliphatic heterocycles. The van der Waals surface area contributed by atoms with Crippen LogP contribution in [0.25, 0.3) is 9.81 Å². The van der Waals surface area contributed by atoms with E-state index in [1.54, 1.807) is 3.58 Å². The molecule has 0 unspecified atom stereocenters. The third-order valence-electron chi connectivity index (χ3n) is 3.62. The first-order valence-corrected chi connectivity index (χ1v) is 12.0. The van der Waals surface area contributed by atoms with Crippen molar-refractivity contribution < 1.29 is 0 Å². The van der Waals surface area contributed by atoms with Crippen LogP contribution in [0, 0.1) is 6.92 Å². The second-order valence-corrected chi connectivity index (χ2v) is 10.4. The van der Waals surface area contributed by atoms with E-state index in [-0.39, 0.29) is 0 Å². The third kappa shape index (κ3) is 4.84. The quantitative estimate of drug-likeness (QED) is 0.265. The second kappa shape index (κ2) is 9.09. The molecule has 3 heteroatoms. The van der Waals surface area contributed by atoms with Gasteiger partial charge in [-0.15, -0.1) is 0 Å². The Morgan fingerprint density at radius 2 is 1.73 bits per heavy atom. The molecule has 0 spiro atoms. The van der Waals surface area contributed by atoms with Gasteiger partial charge in [0.2, 0.25) is 0 Å². The number of unbranched alkanes of at least 4 members (excludes halogenated alkanes) is 1. The zero-order valence-corrected chi connectivity index (χ0v) is 17.8. The first kappa shape index (κ1) is 18.0. The predicted molar refractivity (Wildman–Crippen MR) is 108 cm³/mol. The standard InChI is InChI=1S/C15H13S2.C4H9.Sn/c1-11-7-5-6-10-13(11)15(17)14(16)12-8-3-2-4-9-12;1-3-4-2;/h2-5,7-10,16-17H,1H3;1,3-4H2,2H3;/b15-14-;;. The van der Waals surface area contributed by atoms with Gasteiger partial charge in [0, 0.05) is 0 Å². The van der Waals surface area contributed by atoms with Crippen LogP contribution >= 0.6 is 25.3 Å². The van der Waals surface area contributed by atoms with Gasteiger partial charge in [0.25, 0.3) is 0 Å². The summed E-state index contributed by atoms with van der Waals surface area (Å²) in [6.45, 7) is 4.42. The molecule has 0 N–H and O–H groups in total. The van der Waals surface area contributed by atoms with Gasteiger partial charge < -0.3 is 0 Å². The number of hydrogen-bond acceptors (Lipinski definition) is 2. The van der Waals surface area contributed by atoms with Crippen LogP contribution in [0.3, 0.4) is 0 Å². The summed E-state index contributed by atoms with van der Waals surface area (Å²) in [6, 6.07) is 17.1. The number of thiol groups is 2. The van der Waals surface area contributed by atoms with E-state index in [4.69, 9.17) is 25.3 Å². The van der Waals surface area contributed by atoms with Crippen LogP contribution in [0.2, 0.25) is 4.44 Å². The fourth-order valence-electron chi connectivity index (χ4n) is 2.26. The van der Waals surface area contributed by atoms with E-state index in [0.29, 0.717) is 0 Å². The molecule has 0 fully saturated rings. The normalized spacial score (nSPS) is 12.2. The van der Waals surface area contributed by atoms with E-state index in [1.807, 2.05) is 18.2 Å². The Hall–Kier alpha value is -0.321. The van der Waals surface area contributed by atoms with Gasteiger partial charge in [0.15, 0.2) is 0 Å². The zero-order valence-electron chi connectivity index (χ0n) is 13.1. The fourth-order valence-corrected chi connectivity index (χ4v) is 6.51. The SMILES string of the molecule is CCC[CH2][Sn][c]1ccc(C)c(/C(S)=C(/S)c2ccccc2)c1. The molecule has 0 amide bonds. The van der Waals surface area contributed by atoms with Gasteiger partial charge in [-0.1, -0.05) is 0 Å². The van der Waals surface area contributed by atoms with E-state index in [0.717, 1.165) is 15.4 Å². The molecule has 0 bridgehead atoms. The Kier molecular flexibility index (Phi) is 7.45. The molecule has 0 saturated carbocycles. The van der Waals surface area contributed by atoms with Crippen molar-refractivity contribution in [1.29, 1.82) is 0 Å². The Morgan fingerprint density at radius 1 is 1.00 bits per heavy atom. The Balaban J connectivity index is 2.32. The van der Waals surface area contributed by atoms with Gasteiger partial charge in [0.05, 0.1) is 0 Å². The molecule has 2 aromatic carbocycles. The molecular weight excluding hydrogens is 411 g/mol. The molecule has 0 saturated heterocycles. The predicted octanol–water partition coefficient (Wildman–Crippen LogP) is 5.23. The Bertz CT molecular complexity index is 648. The molecule has 2 aromatic rings. The van der Waals surface area contributed by atoms with Crippen molar-refractivity contribution in [3.63, 3.8) is 0 Å². The summed E-state index contributed by atoms with van der Waals surface area (Å²) in [5.41, 5.74) is 3.62. The Morgan fingerprint density at radius 3 is 2.41 bits per heavy atom. The summed E-state index contributed by atoms with van der Waals surface area (Å²) in [6.07, 6.45) is 2.66. The molecule has 114 valence electrons. The number of hydrogen-bond donors (Lipinski definition) is 2. The van der Waals surface area contributed by atoms with Crippen molar-refractivity contribution in [2.75, 3.05) is 0 Å². The van der Waals surface area contributed by atoms with Gasteiger partial charge >= 0.3 is 156 Å². The first-order chi connectivity index (χ1) is 10.6. The van der Waals surface area contributed by atoms with Crippen LogP contribution < -0.4 is 3.58 Å². The van der Waals surface area contributed by atoms with Crippen molar-refractivity contribution in [3.05, 3.63) is 65.2 Å². The molecule has 0 aromatic heterocycles. The summed E-state index contributed by atoms with van der Waals surface area (Å²) in [5.74, 6) is 0. The molecular formula is C19H22S2Sn. The monoisotopic (exact) mass is 434 g/mol. The summed E-state index contributed by atoms with van der Waals surface area (Å²) in [5, 5.41) is 0. The molecule has 0 nitrogen and oxygen atoms in total. The van der Waals surface area contributed by atoms with Gasteiger partial charge in [-0.2, -0.15) is 0 Å². The van der Waals surface area contributed by atoms with Crippen LogP contribution in [0.15, 0.2) is 48.5 Å². The zero-order chi connectivity index (χ0) is 15.9. The summed E-state index contributed by atoms with van der Waals surface area (Å²) in [7, 11) is 0. The average Bonchev–Trinajstić information content (AvgIpc) is 2.56. The van der Waals surface area contributed by atoms with Crippen molar-refractivity contribution in [3.8, 4) is 0 Å². The summed E-state index contributed by atoms with van der Waals surface area (Å²) < 4.78 is 2.97.